The Kier molecular flexibility index (Phi) is 15.4. The van der Waals surface area contributed by atoms with Crippen molar-refractivity contribution in [2.45, 2.75) is 83.9 Å². The molecule has 3 aromatic carbocycles. The Morgan fingerprint density at radius 3 is 2.09 bits per heavy atom. The third kappa shape index (κ3) is 12.7. The quantitative estimate of drug-likeness (QED) is 0.118. The number of nitrogens with zero attached hydrogens (tertiary/aromatic N) is 2. The molecule has 1 heterocycles. The van der Waals surface area contributed by atoms with Crippen LogP contribution in [0.15, 0.2) is 54.6 Å². The van der Waals surface area contributed by atoms with Crippen molar-refractivity contribution in [2.75, 3.05) is 60.3 Å². The van der Waals surface area contributed by atoms with Crippen LogP contribution in [0.2, 0.25) is 10.0 Å². The summed E-state index contributed by atoms with van der Waals surface area (Å²) in [6.07, 6.45) is 3.82. The van der Waals surface area contributed by atoms with Gasteiger partial charge in [0.1, 0.15) is 36.9 Å². The number of halogens is 2. The summed E-state index contributed by atoms with van der Waals surface area (Å²) in [7, 11) is 3.36. The Bertz CT molecular complexity index is 1680. The summed E-state index contributed by atoms with van der Waals surface area (Å²) in [6.45, 7) is 10.8. The van der Waals surface area contributed by atoms with E-state index in [0.717, 1.165) is 53.7 Å². The molecule has 0 bridgehead atoms. The average molecular weight is 800 g/mol. The summed E-state index contributed by atoms with van der Waals surface area (Å²) in [6, 6.07) is 17.9. The third-order valence-corrected chi connectivity index (χ3v) is 10.2. The maximum atomic E-state index is 14.9. The van der Waals surface area contributed by atoms with Gasteiger partial charge >= 0.3 is 6.09 Å². The minimum atomic E-state index is -0.648. The van der Waals surface area contributed by atoms with Crippen LogP contribution in [0.25, 0.3) is 0 Å². The molecule has 2 atom stereocenters. The zero-order valence-corrected chi connectivity index (χ0v) is 34.5. The summed E-state index contributed by atoms with van der Waals surface area (Å²) in [5.41, 5.74) is 3.47. The lowest BCUT2D eigenvalue weighted by atomic mass is 9.79. The molecule has 2 aliphatic rings. The van der Waals surface area contributed by atoms with E-state index >= 15 is 0 Å². The fourth-order valence-corrected chi connectivity index (χ4v) is 7.63. The Morgan fingerprint density at radius 1 is 0.800 bits per heavy atom. The molecule has 2 fully saturated rings. The highest BCUT2D eigenvalue weighted by molar-refractivity contribution is 6.37. The molecule has 0 aromatic heterocycles. The van der Waals surface area contributed by atoms with Gasteiger partial charge in [-0.1, -0.05) is 41.4 Å². The van der Waals surface area contributed by atoms with Crippen molar-refractivity contribution < 1.29 is 38.0 Å². The van der Waals surface area contributed by atoms with Crippen molar-refractivity contribution in [1.82, 2.24) is 9.80 Å². The average Bonchev–Trinajstić information content (AvgIpc) is 3.98. The van der Waals surface area contributed by atoms with Gasteiger partial charge in [-0.05, 0) is 124 Å². The maximum Gasteiger partial charge on any atom is 0.410 e. The highest BCUT2D eigenvalue weighted by Gasteiger charge is 2.43. The molecule has 0 unspecified atom stereocenters. The fourth-order valence-electron chi connectivity index (χ4n) is 6.93. The fraction of sp³-hybridized carbons (Fsp3) is 0.535. The summed E-state index contributed by atoms with van der Waals surface area (Å²) in [5.74, 6) is 1.34. The second kappa shape index (κ2) is 19.9. The van der Waals surface area contributed by atoms with E-state index in [1.54, 1.807) is 19.1 Å². The van der Waals surface area contributed by atoms with Crippen molar-refractivity contribution in [3.63, 3.8) is 0 Å². The molecular weight excluding hydrogens is 743 g/mol. The van der Waals surface area contributed by atoms with Gasteiger partial charge in [0, 0.05) is 46.5 Å². The Labute approximate surface area is 336 Å². The molecule has 12 heteroatoms. The lowest BCUT2D eigenvalue weighted by Crippen LogP contribution is -2.51. The number of piperidine rings is 1. The first-order valence-corrected chi connectivity index (χ1v) is 19.9. The minimum Gasteiger partial charge on any atom is -0.491 e. The Morgan fingerprint density at radius 2 is 1.44 bits per heavy atom. The molecule has 0 radical (unpaired) electrons. The van der Waals surface area contributed by atoms with E-state index < -0.39 is 17.6 Å². The summed E-state index contributed by atoms with van der Waals surface area (Å²) in [4.78, 5) is 31.9. The number of hydrogen-bond acceptors (Lipinski definition) is 8. The van der Waals surface area contributed by atoms with Crippen molar-refractivity contribution >= 4 is 35.2 Å². The van der Waals surface area contributed by atoms with Crippen LogP contribution < -0.4 is 14.2 Å². The van der Waals surface area contributed by atoms with E-state index in [1.807, 2.05) is 75.1 Å². The van der Waals surface area contributed by atoms with E-state index in [1.165, 1.54) is 0 Å². The standard InChI is InChI=1S/C43H56Cl2N2O8/c1-29-22-38(44)40(39(45)23-29)54-21-20-52-34-13-9-32(10-14-34)36-15-16-46(42(49)55-43(2,3)4)28-37(36)41(48)47(33-11-12-33)27-31-24-30(8-7-17-50-5)25-35(26-31)53-19-18-51-6/h9-10,13-14,22-26,33,36-37H,7-8,11-12,15-21,27-28H2,1-6H3/t36-,37+/m1/s1. The highest BCUT2D eigenvalue weighted by atomic mass is 35.5. The number of hydrogen-bond donors (Lipinski definition) is 0. The molecule has 1 aliphatic carbocycles. The first kappa shape index (κ1) is 42.4. The summed E-state index contributed by atoms with van der Waals surface area (Å²) < 4.78 is 34.1. The Balaban J connectivity index is 1.33. The van der Waals surface area contributed by atoms with Crippen molar-refractivity contribution in [1.29, 1.82) is 0 Å². The minimum absolute atomic E-state index is 0.0401. The van der Waals surface area contributed by atoms with Crippen LogP contribution in [-0.4, -0.2) is 93.8 Å². The van der Waals surface area contributed by atoms with Gasteiger partial charge in [-0.15, -0.1) is 0 Å². The first-order valence-electron chi connectivity index (χ1n) is 19.2. The second-order valence-corrected chi connectivity index (χ2v) is 16.2. The number of amides is 2. The Hall–Kier alpha value is -3.70. The molecule has 0 spiro atoms. The highest BCUT2D eigenvalue weighted by Crippen LogP contribution is 2.39. The molecule has 1 saturated heterocycles. The van der Waals surface area contributed by atoms with Gasteiger partial charge < -0.3 is 38.2 Å². The topological polar surface area (TPSA) is 96.0 Å². The van der Waals surface area contributed by atoms with Crippen molar-refractivity contribution in [3.05, 3.63) is 86.9 Å². The van der Waals surface area contributed by atoms with Crippen LogP contribution in [0.3, 0.4) is 0 Å². The van der Waals surface area contributed by atoms with Gasteiger partial charge in [-0.2, -0.15) is 0 Å². The van der Waals surface area contributed by atoms with Crippen LogP contribution in [0.1, 0.15) is 74.6 Å². The normalized spacial score (nSPS) is 17.1. The SMILES string of the molecule is COCCCc1cc(CN(C(=O)[C@H]2CN(C(=O)OC(C)(C)C)CC[C@@H]2c2ccc(OCCOc3c(Cl)cc(C)cc3Cl)cc2)C2CC2)cc(OCCOC)c1. The van der Waals surface area contributed by atoms with Gasteiger partial charge in [0.25, 0.3) is 0 Å². The van der Waals surface area contributed by atoms with Crippen LogP contribution in [-0.2, 0) is 32.0 Å². The predicted octanol–water partition coefficient (Wildman–Crippen LogP) is 8.90. The third-order valence-electron chi connectivity index (χ3n) is 9.65. The number of rotatable bonds is 18. The molecule has 2 amide bonds. The van der Waals surface area contributed by atoms with Crippen LogP contribution in [0.5, 0.6) is 17.2 Å². The number of aryl methyl sites for hydroxylation is 2. The number of carbonyl (C=O) groups excluding carboxylic acids is 2. The van der Waals surface area contributed by atoms with Crippen LogP contribution >= 0.6 is 23.2 Å². The van der Waals surface area contributed by atoms with E-state index in [0.29, 0.717) is 67.5 Å². The molecule has 10 nitrogen and oxygen atoms in total. The zero-order valence-electron chi connectivity index (χ0n) is 33.0. The molecule has 1 saturated carbocycles. The largest absolute Gasteiger partial charge is 0.491 e. The molecule has 0 N–H and O–H groups in total. The maximum absolute atomic E-state index is 14.9. The monoisotopic (exact) mass is 798 g/mol. The molecule has 55 heavy (non-hydrogen) atoms. The van der Waals surface area contributed by atoms with E-state index in [9.17, 15) is 9.59 Å². The smallest absolute Gasteiger partial charge is 0.410 e. The second-order valence-electron chi connectivity index (χ2n) is 15.4. The van der Waals surface area contributed by atoms with Gasteiger partial charge in [0.05, 0.1) is 22.6 Å². The molecule has 5 rings (SSSR count). The summed E-state index contributed by atoms with van der Waals surface area (Å²) in [5, 5.41) is 0.916. The van der Waals surface area contributed by atoms with Crippen molar-refractivity contribution in [2.24, 2.45) is 5.92 Å². The molecular formula is C43H56Cl2N2O8. The summed E-state index contributed by atoms with van der Waals surface area (Å²) >= 11 is 12.7. The van der Waals surface area contributed by atoms with E-state index in [2.05, 4.69) is 12.1 Å². The first-order chi connectivity index (χ1) is 26.3. The lowest BCUT2D eigenvalue weighted by molar-refractivity contribution is -0.139. The van der Waals surface area contributed by atoms with Gasteiger partial charge in [0.2, 0.25) is 5.91 Å². The lowest BCUT2D eigenvalue weighted by Gasteiger charge is -2.40. The number of carbonyl (C=O) groups is 2. The number of benzene rings is 3. The number of likely N-dealkylation sites (tertiary alicyclic amines) is 1. The van der Waals surface area contributed by atoms with E-state index in [4.69, 9.17) is 51.6 Å². The number of ether oxygens (including phenoxy) is 6. The van der Waals surface area contributed by atoms with Gasteiger partial charge in [0.15, 0.2) is 5.75 Å². The van der Waals surface area contributed by atoms with Crippen molar-refractivity contribution in [3.8, 4) is 17.2 Å². The molecule has 3 aromatic rings. The van der Waals surface area contributed by atoms with E-state index in [-0.39, 0.29) is 31.0 Å². The van der Waals surface area contributed by atoms with Gasteiger partial charge in [-0.3, -0.25) is 4.79 Å². The molecule has 1 aliphatic heterocycles. The zero-order chi connectivity index (χ0) is 39.5. The van der Waals surface area contributed by atoms with Crippen LogP contribution in [0.4, 0.5) is 4.79 Å². The predicted molar refractivity (Wildman–Crippen MR) is 215 cm³/mol. The van der Waals surface area contributed by atoms with Crippen LogP contribution in [0, 0.1) is 12.8 Å². The molecule has 300 valence electrons. The van der Waals surface area contributed by atoms with Gasteiger partial charge in [-0.25, -0.2) is 4.79 Å². The number of methoxy groups -OCH3 is 2.